The second-order valence-electron chi connectivity index (χ2n) is 4.76. The van der Waals surface area contributed by atoms with E-state index in [1.54, 1.807) is 0 Å². The SMILES string of the molecule is CCN(CC)C(=O)[C@]1(c2ccccc2)C[C@@H]1C=O. The lowest BCUT2D eigenvalue weighted by atomic mass is 9.91. The van der Waals surface area contributed by atoms with Gasteiger partial charge in [-0.15, -0.1) is 0 Å². The van der Waals surface area contributed by atoms with Crippen molar-refractivity contribution in [2.75, 3.05) is 13.1 Å². The molecule has 18 heavy (non-hydrogen) atoms. The number of carbonyl (C=O) groups is 2. The number of rotatable bonds is 5. The van der Waals surface area contributed by atoms with Crippen molar-refractivity contribution < 1.29 is 9.59 Å². The van der Waals surface area contributed by atoms with Gasteiger partial charge in [0.15, 0.2) is 0 Å². The Morgan fingerprint density at radius 1 is 1.33 bits per heavy atom. The Labute approximate surface area is 108 Å². The summed E-state index contributed by atoms with van der Waals surface area (Å²) in [6.07, 6.45) is 1.57. The Bertz CT molecular complexity index is 439. The van der Waals surface area contributed by atoms with Crippen LogP contribution in [0, 0.1) is 5.92 Å². The highest BCUT2D eigenvalue weighted by Gasteiger charge is 2.62. The van der Waals surface area contributed by atoms with Crippen molar-refractivity contribution in [2.24, 2.45) is 5.92 Å². The minimum absolute atomic E-state index is 0.0933. The maximum Gasteiger partial charge on any atom is 0.233 e. The van der Waals surface area contributed by atoms with E-state index >= 15 is 0 Å². The average Bonchev–Trinajstić information content (AvgIpc) is 3.17. The number of hydrogen-bond donors (Lipinski definition) is 0. The van der Waals surface area contributed by atoms with Gasteiger partial charge in [0.25, 0.3) is 0 Å². The summed E-state index contributed by atoms with van der Waals surface area (Å²) in [6, 6.07) is 9.67. The number of likely N-dealkylation sites (N-methyl/N-ethyl adjacent to an activating group) is 1. The Balaban J connectivity index is 2.35. The van der Waals surface area contributed by atoms with Crippen LogP contribution in [0.2, 0.25) is 0 Å². The van der Waals surface area contributed by atoms with E-state index in [1.165, 1.54) is 0 Å². The highest BCUT2D eigenvalue weighted by Crippen LogP contribution is 2.54. The number of benzene rings is 1. The maximum absolute atomic E-state index is 12.6. The van der Waals surface area contributed by atoms with Crippen LogP contribution in [0.15, 0.2) is 30.3 Å². The molecule has 1 saturated carbocycles. The van der Waals surface area contributed by atoms with Crippen LogP contribution in [0.5, 0.6) is 0 Å². The summed E-state index contributed by atoms with van der Waals surface area (Å²) in [5.74, 6) is -0.0659. The average molecular weight is 245 g/mol. The molecule has 0 aromatic heterocycles. The highest BCUT2D eigenvalue weighted by atomic mass is 16.2. The summed E-state index contributed by atoms with van der Waals surface area (Å²) in [5, 5.41) is 0. The van der Waals surface area contributed by atoms with E-state index in [-0.39, 0.29) is 11.8 Å². The van der Waals surface area contributed by atoms with Crippen molar-refractivity contribution in [3.8, 4) is 0 Å². The minimum atomic E-state index is -0.588. The third-order valence-electron chi connectivity index (χ3n) is 3.90. The summed E-state index contributed by atoms with van der Waals surface area (Å²) in [6.45, 7) is 5.32. The first kappa shape index (κ1) is 12.8. The predicted molar refractivity (Wildman–Crippen MR) is 70.2 cm³/mol. The molecule has 0 unspecified atom stereocenters. The van der Waals surface area contributed by atoms with E-state index in [0.717, 1.165) is 11.8 Å². The summed E-state index contributed by atoms with van der Waals surface area (Å²) < 4.78 is 0. The fourth-order valence-electron chi connectivity index (χ4n) is 2.68. The third-order valence-corrected chi connectivity index (χ3v) is 3.90. The standard InChI is InChI=1S/C15H19NO2/c1-3-16(4-2)14(18)15(10-13(15)11-17)12-8-6-5-7-9-12/h5-9,11,13H,3-4,10H2,1-2H3/t13-,15+/m1/s1. The van der Waals surface area contributed by atoms with Gasteiger partial charge in [-0.2, -0.15) is 0 Å². The topological polar surface area (TPSA) is 37.4 Å². The first-order valence-corrected chi connectivity index (χ1v) is 6.50. The molecule has 0 N–H and O–H groups in total. The Morgan fingerprint density at radius 3 is 2.39 bits per heavy atom. The van der Waals surface area contributed by atoms with Gasteiger partial charge in [-0.05, 0) is 25.8 Å². The van der Waals surface area contributed by atoms with Gasteiger partial charge in [-0.1, -0.05) is 30.3 Å². The lowest BCUT2D eigenvalue weighted by Crippen LogP contribution is -2.40. The molecule has 0 aliphatic heterocycles. The second kappa shape index (κ2) is 4.92. The van der Waals surface area contributed by atoms with Crippen molar-refractivity contribution in [3.63, 3.8) is 0 Å². The predicted octanol–water partition coefficient (Wildman–Crippen LogP) is 2.01. The van der Waals surface area contributed by atoms with Gasteiger partial charge in [-0.25, -0.2) is 0 Å². The van der Waals surface area contributed by atoms with E-state index in [0.29, 0.717) is 19.5 Å². The van der Waals surface area contributed by atoms with E-state index in [2.05, 4.69) is 0 Å². The van der Waals surface area contributed by atoms with Crippen molar-refractivity contribution >= 4 is 12.2 Å². The fraction of sp³-hybridized carbons (Fsp3) is 0.467. The van der Waals surface area contributed by atoms with Crippen molar-refractivity contribution in [3.05, 3.63) is 35.9 Å². The number of carbonyl (C=O) groups excluding carboxylic acids is 2. The number of hydrogen-bond acceptors (Lipinski definition) is 2. The molecule has 1 amide bonds. The molecule has 2 rings (SSSR count). The molecule has 1 aromatic rings. The normalized spacial score (nSPS) is 25.6. The quantitative estimate of drug-likeness (QED) is 0.744. The number of nitrogens with zero attached hydrogens (tertiary/aromatic N) is 1. The van der Waals surface area contributed by atoms with Gasteiger partial charge in [0.2, 0.25) is 5.91 Å². The van der Waals surface area contributed by atoms with Crippen molar-refractivity contribution in [2.45, 2.75) is 25.7 Å². The van der Waals surface area contributed by atoms with Crippen LogP contribution in [-0.4, -0.2) is 30.2 Å². The van der Waals surface area contributed by atoms with Crippen LogP contribution >= 0.6 is 0 Å². The lowest BCUT2D eigenvalue weighted by Gasteiger charge is -2.25. The van der Waals surface area contributed by atoms with Crippen LogP contribution in [0.4, 0.5) is 0 Å². The molecule has 0 radical (unpaired) electrons. The van der Waals surface area contributed by atoms with Gasteiger partial charge >= 0.3 is 0 Å². The molecule has 0 heterocycles. The zero-order valence-corrected chi connectivity index (χ0v) is 10.9. The maximum atomic E-state index is 12.6. The number of aldehydes is 1. The van der Waals surface area contributed by atoms with Crippen LogP contribution in [0.1, 0.15) is 25.8 Å². The molecule has 2 atom stereocenters. The summed E-state index contributed by atoms with van der Waals surface area (Å²) in [5.41, 5.74) is 0.383. The molecule has 1 fully saturated rings. The lowest BCUT2D eigenvalue weighted by molar-refractivity contribution is -0.134. The molecular weight excluding hydrogens is 226 g/mol. The van der Waals surface area contributed by atoms with Gasteiger partial charge in [0.05, 0.1) is 5.41 Å². The van der Waals surface area contributed by atoms with Crippen LogP contribution in [-0.2, 0) is 15.0 Å². The van der Waals surface area contributed by atoms with Gasteiger partial charge < -0.3 is 9.69 Å². The summed E-state index contributed by atoms with van der Waals surface area (Å²) in [4.78, 5) is 25.5. The van der Waals surface area contributed by atoms with E-state index in [9.17, 15) is 9.59 Å². The molecule has 3 nitrogen and oxygen atoms in total. The summed E-state index contributed by atoms with van der Waals surface area (Å²) in [7, 11) is 0. The van der Waals surface area contributed by atoms with Crippen molar-refractivity contribution in [1.29, 1.82) is 0 Å². The molecule has 0 spiro atoms. The summed E-state index contributed by atoms with van der Waals surface area (Å²) >= 11 is 0. The third kappa shape index (κ3) is 1.84. The van der Waals surface area contributed by atoms with Crippen molar-refractivity contribution in [1.82, 2.24) is 4.90 Å². The highest BCUT2D eigenvalue weighted by molar-refractivity contribution is 5.96. The van der Waals surface area contributed by atoms with Crippen LogP contribution in [0.3, 0.4) is 0 Å². The molecule has 1 aliphatic rings. The number of amides is 1. The van der Waals surface area contributed by atoms with Gasteiger partial charge in [0.1, 0.15) is 6.29 Å². The smallest absolute Gasteiger partial charge is 0.233 e. The van der Waals surface area contributed by atoms with E-state index in [1.807, 2.05) is 49.1 Å². The van der Waals surface area contributed by atoms with Crippen LogP contribution in [0.25, 0.3) is 0 Å². The minimum Gasteiger partial charge on any atom is -0.342 e. The van der Waals surface area contributed by atoms with E-state index < -0.39 is 5.41 Å². The zero-order valence-electron chi connectivity index (χ0n) is 10.9. The first-order valence-electron chi connectivity index (χ1n) is 6.50. The molecule has 1 aromatic carbocycles. The van der Waals surface area contributed by atoms with E-state index in [4.69, 9.17) is 0 Å². The second-order valence-corrected chi connectivity index (χ2v) is 4.76. The zero-order chi connectivity index (χ0) is 13.2. The Hall–Kier alpha value is -1.64. The molecule has 0 saturated heterocycles. The van der Waals surface area contributed by atoms with Gasteiger partial charge in [0, 0.05) is 19.0 Å². The molecule has 0 bridgehead atoms. The van der Waals surface area contributed by atoms with Crippen LogP contribution < -0.4 is 0 Å². The molecule has 3 heteroatoms. The molecular formula is C15H19NO2. The largest absolute Gasteiger partial charge is 0.342 e. The van der Waals surface area contributed by atoms with Gasteiger partial charge in [-0.3, -0.25) is 4.79 Å². The molecule has 96 valence electrons. The fourth-order valence-corrected chi connectivity index (χ4v) is 2.68. The Kier molecular flexibility index (Phi) is 3.50. The monoisotopic (exact) mass is 245 g/mol. The first-order chi connectivity index (χ1) is 8.70. The molecule has 1 aliphatic carbocycles. The Morgan fingerprint density at radius 2 is 1.94 bits per heavy atom.